The first-order valence-corrected chi connectivity index (χ1v) is 7.04. The van der Waals surface area contributed by atoms with Crippen molar-refractivity contribution in [3.63, 3.8) is 0 Å². The van der Waals surface area contributed by atoms with Crippen LogP contribution in [-0.2, 0) is 0 Å². The van der Waals surface area contributed by atoms with Gasteiger partial charge in [-0.1, -0.05) is 63.4 Å². The zero-order chi connectivity index (χ0) is 13.8. The number of halogens is 3. The lowest BCUT2D eigenvalue weighted by Gasteiger charge is -1.98. The van der Waals surface area contributed by atoms with Crippen molar-refractivity contribution in [2.75, 3.05) is 0 Å². The maximum absolute atomic E-state index is 12.0. The number of carbonyl (C=O) groups is 1. The van der Waals surface area contributed by atoms with Gasteiger partial charge in [-0.15, -0.1) is 0 Å². The highest BCUT2D eigenvalue weighted by Crippen LogP contribution is 2.23. The normalized spacial score (nSPS) is 10.9. The lowest BCUT2D eigenvalue weighted by molar-refractivity contribution is 0.104. The van der Waals surface area contributed by atoms with Crippen LogP contribution in [0, 0.1) is 0 Å². The Bertz CT molecular complexity index is 650. The molecule has 2 rings (SSSR count). The number of allylic oxidation sites excluding steroid dienone is 1. The van der Waals surface area contributed by atoms with Gasteiger partial charge in [0.1, 0.15) is 0 Å². The fourth-order valence-electron chi connectivity index (χ4n) is 1.53. The number of benzene rings is 2. The number of ketones is 1. The molecule has 19 heavy (non-hydrogen) atoms. The average Bonchev–Trinajstić information content (AvgIpc) is 2.40. The van der Waals surface area contributed by atoms with Crippen LogP contribution in [-0.4, -0.2) is 5.78 Å². The third-order valence-corrected chi connectivity index (χ3v) is 3.71. The van der Waals surface area contributed by atoms with Crippen molar-refractivity contribution in [3.05, 3.63) is 74.2 Å². The summed E-state index contributed by atoms with van der Waals surface area (Å²) in [5, 5.41) is 0.968. The van der Waals surface area contributed by atoms with Crippen LogP contribution in [0.25, 0.3) is 6.08 Å². The molecule has 1 nitrogen and oxygen atoms in total. The van der Waals surface area contributed by atoms with Gasteiger partial charge < -0.3 is 0 Å². The van der Waals surface area contributed by atoms with E-state index in [2.05, 4.69) is 15.9 Å². The second-order valence-corrected chi connectivity index (χ2v) is 5.61. The predicted octanol–water partition coefficient (Wildman–Crippen LogP) is 5.65. The van der Waals surface area contributed by atoms with Crippen molar-refractivity contribution in [1.29, 1.82) is 0 Å². The van der Waals surface area contributed by atoms with Gasteiger partial charge in [0, 0.05) is 10.0 Å². The molecule has 0 atom stereocenters. The van der Waals surface area contributed by atoms with E-state index in [1.54, 1.807) is 36.4 Å². The molecule has 96 valence electrons. The Kier molecular flexibility index (Phi) is 4.81. The quantitative estimate of drug-likeness (QED) is 0.513. The van der Waals surface area contributed by atoms with E-state index in [9.17, 15) is 4.79 Å². The Morgan fingerprint density at radius 1 is 1.05 bits per heavy atom. The molecule has 0 heterocycles. The largest absolute Gasteiger partial charge is 0.289 e. The monoisotopic (exact) mass is 354 g/mol. The van der Waals surface area contributed by atoms with E-state index in [4.69, 9.17) is 23.2 Å². The average molecular weight is 356 g/mol. The Morgan fingerprint density at radius 2 is 1.84 bits per heavy atom. The van der Waals surface area contributed by atoms with Gasteiger partial charge in [0.15, 0.2) is 5.78 Å². The van der Waals surface area contributed by atoms with Crippen LogP contribution < -0.4 is 0 Å². The molecule has 0 aromatic heterocycles. The van der Waals surface area contributed by atoms with Crippen LogP contribution in [0.2, 0.25) is 10.0 Å². The van der Waals surface area contributed by atoms with E-state index in [-0.39, 0.29) is 5.78 Å². The molecule has 0 aliphatic rings. The SMILES string of the molecule is O=C(/C=C/c1ccc(Cl)c(Cl)c1)c1cccc(Br)c1. The highest BCUT2D eigenvalue weighted by molar-refractivity contribution is 9.10. The Hall–Kier alpha value is -1.09. The van der Waals surface area contributed by atoms with E-state index >= 15 is 0 Å². The predicted molar refractivity (Wildman–Crippen MR) is 84.0 cm³/mol. The zero-order valence-corrected chi connectivity index (χ0v) is 12.8. The Labute approximate surface area is 130 Å². The molecule has 4 heteroatoms. The number of hydrogen-bond donors (Lipinski definition) is 0. The van der Waals surface area contributed by atoms with E-state index in [0.717, 1.165) is 10.0 Å². The Morgan fingerprint density at radius 3 is 2.53 bits per heavy atom. The molecule has 0 bridgehead atoms. The summed E-state index contributed by atoms with van der Waals surface area (Å²) in [6.45, 7) is 0. The van der Waals surface area contributed by atoms with Crippen molar-refractivity contribution < 1.29 is 4.79 Å². The van der Waals surface area contributed by atoms with Crippen LogP contribution in [0.15, 0.2) is 53.0 Å². The molecule has 0 N–H and O–H groups in total. The molecule has 0 amide bonds. The van der Waals surface area contributed by atoms with E-state index in [1.807, 2.05) is 12.1 Å². The summed E-state index contributed by atoms with van der Waals surface area (Å²) in [5.74, 6) is -0.0626. The number of carbonyl (C=O) groups excluding carboxylic acids is 1. The summed E-state index contributed by atoms with van der Waals surface area (Å²) < 4.78 is 0.876. The summed E-state index contributed by atoms with van der Waals surface area (Å²) in [5.41, 5.74) is 1.46. The minimum Gasteiger partial charge on any atom is -0.289 e. The van der Waals surface area contributed by atoms with Crippen molar-refractivity contribution in [2.45, 2.75) is 0 Å². The summed E-state index contributed by atoms with van der Waals surface area (Å²) in [6, 6.07) is 12.5. The molecule has 0 aliphatic carbocycles. The fourth-order valence-corrected chi connectivity index (χ4v) is 2.23. The first-order chi connectivity index (χ1) is 9.06. The molecule has 0 spiro atoms. The minimum atomic E-state index is -0.0626. The van der Waals surface area contributed by atoms with E-state index < -0.39 is 0 Å². The summed E-state index contributed by atoms with van der Waals surface area (Å²) in [6.07, 6.45) is 3.23. The van der Waals surface area contributed by atoms with Gasteiger partial charge in [-0.05, 0) is 35.9 Å². The van der Waals surface area contributed by atoms with Crippen LogP contribution in [0.5, 0.6) is 0 Å². The number of rotatable bonds is 3. The molecular formula is C15H9BrCl2O. The summed E-state index contributed by atoms with van der Waals surface area (Å²) in [7, 11) is 0. The molecule has 0 radical (unpaired) electrons. The van der Waals surface area contributed by atoms with Gasteiger partial charge in [0.25, 0.3) is 0 Å². The van der Waals surface area contributed by atoms with E-state index in [1.165, 1.54) is 6.08 Å². The highest BCUT2D eigenvalue weighted by atomic mass is 79.9. The highest BCUT2D eigenvalue weighted by Gasteiger charge is 2.02. The maximum Gasteiger partial charge on any atom is 0.185 e. The second kappa shape index (κ2) is 6.38. The van der Waals surface area contributed by atoms with E-state index in [0.29, 0.717) is 15.6 Å². The molecule has 2 aromatic carbocycles. The molecule has 0 unspecified atom stereocenters. The smallest absolute Gasteiger partial charge is 0.185 e. The lowest BCUT2D eigenvalue weighted by atomic mass is 10.1. The Balaban J connectivity index is 2.18. The van der Waals surface area contributed by atoms with Crippen LogP contribution in [0.4, 0.5) is 0 Å². The standard InChI is InChI=1S/C15H9BrCl2O/c16-12-3-1-2-11(9-12)15(19)7-5-10-4-6-13(17)14(18)8-10/h1-9H/b7-5+. The van der Waals surface area contributed by atoms with Crippen molar-refractivity contribution in [3.8, 4) is 0 Å². The fraction of sp³-hybridized carbons (Fsp3) is 0. The van der Waals surface area contributed by atoms with Crippen molar-refractivity contribution >= 4 is 51.0 Å². The second-order valence-electron chi connectivity index (χ2n) is 3.88. The van der Waals surface area contributed by atoms with Gasteiger partial charge in [-0.3, -0.25) is 4.79 Å². The molecule has 0 saturated heterocycles. The molecule has 0 fully saturated rings. The van der Waals surface area contributed by atoms with Crippen LogP contribution >= 0.6 is 39.1 Å². The molecule has 0 aliphatic heterocycles. The van der Waals surface area contributed by atoms with Crippen molar-refractivity contribution in [1.82, 2.24) is 0 Å². The van der Waals surface area contributed by atoms with Gasteiger partial charge >= 0.3 is 0 Å². The third-order valence-electron chi connectivity index (χ3n) is 2.48. The summed E-state index contributed by atoms with van der Waals surface area (Å²) in [4.78, 5) is 12.0. The lowest BCUT2D eigenvalue weighted by Crippen LogP contribution is -1.93. The molecule has 0 saturated carbocycles. The third kappa shape index (κ3) is 3.93. The van der Waals surface area contributed by atoms with Crippen LogP contribution in [0.1, 0.15) is 15.9 Å². The first-order valence-electron chi connectivity index (χ1n) is 5.49. The van der Waals surface area contributed by atoms with Gasteiger partial charge in [0.2, 0.25) is 0 Å². The van der Waals surface area contributed by atoms with Crippen molar-refractivity contribution in [2.24, 2.45) is 0 Å². The summed E-state index contributed by atoms with van der Waals surface area (Å²) >= 11 is 15.1. The van der Waals surface area contributed by atoms with Crippen LogP contribution in [0.3, 0.4) is 0 Å². The van der Waals surface area contributed by atoms with Gasteiger partial charge in [-0.25, -0.2) is 0 Å². The zero-order valence-electron chi connectivity index (χ0n) is 9.74. The topological polar surface area (TPSA) is 17.1 Å². The maximum atomic E-state index is 12.0. The molecule has 2 aromatic rings. The van der Waals surface area contributed by atoms with Gasteiger partial charge in [0.05, 0.1) is 10.0 Å². The van der Waals surface area contributed by atoms with Gasteiger partial charge in [-0.2, -0.15) is 0 Å². The molecular weight excluding hydrogens is 347 g/mol. The number of hydrogen-bond acceptors (Lipinski definition) is 1. The minimum absolute atomic E-state index is 0.0626. The first kappa shape index (κ1) is 14.3.